The molecule has 1 aliphatic rings. The first-order chi connectivity index (χ1) is 12.3. The number of ether oxygens (including phenoxy) is 1. The fraction of sp³-hybridized carbons (Fsp3) is 0.619. The van der Waals surface area contributed by atoms with Crippen LogP contribution in [0.4, 0.5) is 0 Å². The van der Waals surface area contributed by atoms with Crippen LogP contribution in [-0.2, 0) is 15.0 Å². The Morgan fingerprint density at radius 1 is 1.19 bits per heavy atom. The largest absolute Gasteiger partial charge is 0.481 e. The lowest BCUT2D eigenvalue weighted by Crippen LogP contribution is -2.45. The van der Waals surface area contributed by atoms with E-state index in [1.165, 1.54) is 6.42 Å². The molecule has 1 saturated carbocycles. The number of rotatable bonds is 6. The van der Waals surface area contributed by atoms with Crippen LogP contribution in [0.5, 0.6) is 5.75 Å². The fourth-order valence-electron chi connectivity index (χ4n) is 3.13. The summed E-state index contributed by atoms with van der Waals surface area (Å²) in [5.74, 6) is 0.240. The lowest BCUT2D eigenvalue weighted by Gasteiger charge is -2.23. The van der Waals surface area contributed by atoms with Crippen molar-refractivity contribution in [1.82, 2.24) is 10.6 Å². The van der Waals surface area contributed by atoms with Gasteiger partial charge in [-0.25, -0.2) is 0 Å². The Balaban J connectivity index is 1.79. The van der Waals surface area contributed by atoms with E-state index in [2.05, 4.69) is 31.4 Å². The van der Waals surface area contributed by atoms with Crippen molar-refractivity contribution in [3.05, 3.63) is 29.8 Å². The van der Waals surface area contributed by atoms with Crippen LogP contribution in [0.3, 0.4) is 0 Å². The zero-order valence-electron chi connectivity index (χ0n) is 16.4. The lowest BCUT2D eigenvalue weighted by atomic mass is 9.87. The highest BCUT2D eigenvalue weighted by Gasteiger charge is 2.19. The average molecular weight is 360 g/mol. The summed E-state index contributed by atoms with van der Waals surface area (Å²) in [5.41, 5.74) is 1.16. The molecule has 0 saturated heterocycles. The number of carbonyl (C=O) groups excluding carboxylic acids is 2. The third-order valence-corrected chi connectivity index (χ3v) is 4.78. The molecule has 144 valence electrons. The first-order valence-corrected chi connectivity index (χ1v) is 9.60. The summed E-state index contributed by atoms with van der Waals surface area (Å²) in [6, 6.07) is 8.03. The summed E-state index contributed by atoms with van der Waals surface area (Å²) in [6.07, 6.45) is 4.97. The zero-order valence-corrected chi connectivity index (χ0v) is 16.4. The summed E-state index contributed by atoms with van der Waals surface area (Å²) in [6.45, 7) is 8.08. The van der Waals surface area contributed by atoms with E-state index >= 15 is 0 Å². The van der Waals surface area contributed by atoms with Crippen molar-refractivity contribution in [2.75, 3.05) is 6.54 Å². The molecule has 0 aliphatic heterocycles. The molecule has 2 rings (SSSR count). The van der Waals surface area contributed by atoms with Gasteiger partial charge in [-0.1, -0.05) is 52.2 Å². The third-order valence-electron chi connectivity index (χ3n) is 4.78. The Hall–Kier alpha value is -2.04. The maximum absolute atomic E-state index is 12.2. The summed E-state index contributed by atoms with van der Waals surface area (Å²) >= 11 is 0. The van der Waals surface area contributed by atoms with Crippen molar-refractivity contribution in [2.45, 2.75) is 77.4 Å². The SMILES string of the molecule is CC(Oc1cccc(C(C)(C)C)c1)C(=O)NCC(=O)NC1CCCCC1. The summed E-state index contributed by atoms with van der Waals surface area (Å²) in [7, 11) is 0. The molecule has 0 aromatic heterocycles. The van der Waals surface area contributed by atoms with Crippen molar-refractivity contribution in [1.29, 1.82) is 0 Å². The third kappa shape index (κ3) is 6.36. The van der Waals surface area contributed by atoms with Gasteiger partial charge in [-0.3, -0.25) is 9.59 Å². The molecule has 0 radical (unpaired) electrons. The summed E-state index contributed by atoms with van der Waals surface area (Å²) < 4.78 is 5.75. The predicted molar refractivity (Wildman–Crippen MR) is 103 cm³/mol. The van der Waals surface area contributed by atoms with Crippen molar-refractivity contribution in [2.24, 2.45) is 0 Å². The topological polar surface area (TPSA) is 67.4 Å². The molecule has 0 bridgehead atoms. The second kappa shape index (κ2) is 9.06. The molecule has 5 nitrogen and oxygen atoms in total. The average Bonchev–Trinajstić information content (AvgIpc) is 2.60. The van der Waals surface area contributed by atoms with Crippen LogP contribution >= 0.6 is 0 Å². The molecule has 26 heavy (non-hydrogen) atoms. The zero-order chi connectivity index (χ0) is 19.2. The van der Waals surface area contributed by atoms with Gasteiger partial charge in [0.2, 0.25) is 5.91 Å². The van der Waals surface area contributed by atoms with Gasteiger partial charge in [-0.2, -0.15) is 0 Å². The predicted octanol–water partition coefficient (Wildman–Crippen LogP) is 3.32. The molecular weight excluding hydrogens is 328 g/mol. The van der Waals surface area contributed by atoms with Crippen LogP contribution < -0.4 is 15.4 Å². The Morgan fingerprint density at radius 2 is 1.88 bits per heavy atom. The van der Waals surface area contributed by atoms with Crippen LogP contribution in [0, 0.1) is 0 Å². The number of hydrogen-bond donors (Lipinski definition) is 2. The monoisotopic (exact) mass is 360 g/mol. The second-order valence-electron chi connectivity index (χ2n) is 8.16. The quantitative estimate of drug-likeness (QED) is 0.818. The first-order valence-electron chi connectivity index (χ1n) is 9.60. The van der Waals surface area contributed by atoms with Crippen LogP contribution in [0.2, 0.25) is 0 Å². The molecule has 1 aromatic rings. The van der Waals surface area contributed by atoms with Gasteiger partial charge < -0.3 is 15.4 Å². The van der Waals surface area contributed by atoms with Gasteiger partial charge >= 0.3 is 0 Å². The summed E-state index contributed by atoms with van der Waals surface area (Å²) in [4.78, 5) is 24.2. The van der Waals surface area contributed by atoms with Gasteiger partial charge in [0.05, 0.1) is 6.54 Å². The van der Waals surface area contributed by atoms with Gasteiger partial charge in [0.25, 0.3) is 5.91 Å². The van der Waals surface area contributed by atoms with E-state index in [1.54, 1.807) is 6.92 Å². The Kier molecular flexibility index (Phi) is 7.06. The highest BCUT2D eigenvalue weighted by atomic mass is 16.5. The van der Waals surface area contributed by atoms with Crippen molar-refractivity contribution in [3.8, 4) is 5.75 Å². The lowest BCUT2D eigenvalue weighted by molar-refractivity contribution is -0.130. The fourth-order valence-corrected chi connectivity index (χ4v) is 3.13. The maximum Gasteiger partial charge on any atom is 0.261 e. The molecule has 5 heteroatoms. The van der Waals surface area contributed by atoms with Crippen molar-refractivity contribution >= 4 is 11.8 Å². The molecular formula is C21H32N2O3. The highest BCUT2D eigenvalue weighted by molar-refractivity contribution is 5.86. The van der Waals surface area contributed by atoms with Crippen LogP contribution in [0.25, 0.3) is 0 Å². The van der Waals surface area contributed by atoms with E-state index in [1.807, 2.05) is 24.3 Å². The first kappa shape index (κ1) is 20.3. The molecule has 0 heterocycles. The van der Waals surface area contributed by atoms with Gasteiger partial charge in [0.1, 0.15) is 5.75 Å². The van der Waals surface area contributed by atoms with Crippen LogP contribution in [0.1, 0.15) is 65.4 Å². The molecule has 1 aliphatic carbocycles. The number of nitrogens with one attached hydrogen (secondary N) is 2. The molecule has 1 atom stereocenters. The van der Waals surface area contributed by atoms with Gasteiger partial charge in [0.15, 0.2) is 6.10 Å². The van der Waals surface area contributed by atoms with Crippen molar-refractivity contribution < 1.29 is 14.3 Å². The van der Waals surface area contributed by atoms with E-state index in [4.69, 9.17) is 4.74 Å². The second-order valence-corrected chi connectivity index (χ2v) is 8.16. The highest BCUT2D eigenvalue weighted by Crippen LogP contribution is 2.26. The molecule has 1 aromatic carbocycles. The molecule has 1 unspecified atom stereocenters. The number of carbonyl (C=O) groups is 2. The van der Waals surface area contributed by atoms with E-state index in [0.717, 1.165) is 31.2 Å². The van der Waals surface area contributed by atoms with Crippen LogP contribution in [-0.4, -0.2) is 30.5 Å². The molecule has 2 amide bonds. The maximum atomic E-state index is 12.2. The van der Waals surface area contributed by atoms with E-state index < -0.39 is 6.10 Å². The Labute approximate surface area is 156 Å². The molecule has 1 fully saturated rings. The number of amides is 2. The smallest absolute Gasteiger partial charge is 0.261 e. The van der Waals surface area contributed by atoms with E-state index in [9.17, 15) is 9.59 Å². The normalized spacial score (nSPS) is 16.6. The minimum Gasteiger partial charge on any atom is -0.481 e. The van der Waals surface area contributed by atoms with Gasteiger partial charge in [-0.15, -0.1) is 0 Å². The molecule has 0 spiro atoms. The Morgan fingerprint density at radius 3 is 2.54 bits per heavy atom. The minimum absolute atomic E-state index is 0.00886. The van der Waals surface area contributed by atoms with Crippen molar-refractivity contribution in [3.63, 3.8) is 0 Å². The van der Waals surface area contributed by atoms with E-state index in [-0.39, 0.29) is 29.8 Å². The molecule has 2 N–H and O–H groups in total. The number of hydrogen-bond acceptors (Lipinski definition) is 3. The Bertz CT molecular complexity index is 616. The minimum atomic E-state index is -0.660. The van der Waals surface area contributed by atoms with Gasteiger partial charge in [0, 0.05) is 6.04 Å². The van der Waals surface area contributed by atoms with Gasteiger partial charge in [-0.05, 0) is 42.9 Å². The van der Waals surface area contributed by atoms with Crippen LogP contribution in [0.15, 0.2) is 24.3 Å². The number of benzene rings is 1. The standard InChI is InChI=1S/C21H32N2O3/c1-15(26-18-12-8-9-16(13-18)21(2,3)4)20(25)22-14-19(24)23-17-10-6-5-7-11-17/h8-9,12-13,15,17H,5-7,10-11,14H2,1-4H3,(H,22,25)(H,23,24). The summed E-state index contributed by atoms with van der Waals surface area (Å²) in [5, 5.41) is 5.65. The van der Waals surface area contributed by atoms with E-state index in [0.29, 0.717) is 5.75 Å².